The number of amides is 1. The van der Waals surface area contributed by atoms with Crippen molar-refractivity contribution in [3.05, 3.63) is 24.3 Å². The second-order valence-corrected chi connectivity index (χ2v) is 10.9. The minimum Gasteiger partial charge on any atom is -0.341 e. The molecule has 3 rings (SSSR count). The van der Waals surface area contributed by atoms with E-state index in [0.717, 1.165) is 25.9 Å². The van der Waals surface area contributed by atoms with Crippen LogP contribution in [0.4, 0.5) is 0 Å². The second-order valence-electron chi connectivity index (χ2n) is 7.43. The van der Waals surface area contributed by atoms with E-state index >= 15 is 0 Å². The highest BCUT2D eigenvalue weighted by Crippen LogP contribution is 2.38. The van der Waals surface area contributed by atoms with Crippen molar-refractivity contribution in [1.29, 1.82) is 0 Å². The Kier molecular flexibility index (Phi) is 5.99. The summed E-state index contributed by atoms with van der Waals surface area (Å²) in [4.78, 5) is 15.8. The fourth-order valence-corrected chi connectivity index (χ4v) is 7.08. The quantitative estimate of drug-likeness (QED) is 0.748. The van der Waals surface area contributed by atoms with E-state index in [1.807, 2.05) is 24.8 Å². The van der Waals surface area contributed by atoms with Gasteiger partial charge in [-0.05, 0) is 50.2 Å². The number of rotatable bonds is 6. The van der Waals surface area contributed by atoms with Crippen molar-refractivity contribution >= 4 is 27.5 Å². The van der Waals surface area contributed by atoms with E-state index in [4.69, 9.17) is 5.73 Å². The third-order valence-electron chi connectivity index (χ3n) is 5.53. The summed E-state index contributed by atoms with van der Waals surface area (Å²) in [6.07, 6.45) is 2.74. The van der Waals surface area contributed by atoms with Gasteiger partial charge in [0, 0.05) is 24.0 Å². The molecule has 1 aliphatic heterocycles. The molecule has 1 aliphatic carbocycles. The number of nitrogens with two attached hydrogens (primary N) is 1. The van der Waals surface area contributed by atoms with Gasteiger partial charge in [-0.2, -0.15) is 0 Å². The maximum absolute atomic E-state index is 12.9. The number of benzene rings is 1. The van der Waals surface area contributed by atoms with Gasteiger partial charge in [-0.1, -0.05) is 19.1 Å². The molecule has 1 amide bonds. The number of hydrogen-bond donors (Lipinski definition) is 1. The molecule has 1 aromatic carbocycles. The summed E-state index contributed by atoms with van der Waals surface area (Å²) in [5.41, 5.74) is 6.17. The highest BCUT2D eigenvalue weighted by Gasteiger charge is 2.43. The van der Waals surface area contributed by atoms with E-state index in [0.29, 0.717) is 28.0 Å². The highest BCUT2D eigenvalue weighted by molar-refractivity contribution is 8.01. The standard InChI is InChI=1S/C19H28N2O3S2/c1-3-10-26(23,24)18-7-5-4-6-17(18)25-13(2)19(22)21-11-14-8-9-16(20)15(14)12-21/h4-7,13-16H,3,8-12,20H2,1-2H3. The molecule has 2 aliphatic rings. The molecule has 1 aromatic rings. The van der Waals surface area contributed by atoms with Crippen LogP contribution in [0.5, 0.6) is 0 Å². The van der Waals surface area contributed by atoms with E-state index in [9.17, 15) is 13.2 Å². The van der Waals surface area contributed by atoms with Crippen LogP contribution in [0.15, 0.2) is 34.1 Å². The van der Waals surface area contributed by atoms with Crippen LogP contribution in [0.3, 0.4) is 0 Å². The molecule has 2 fully saturated rings. The third kappa shape index (κ3) is 3.94. The van der Waals surface area contributed by atoms with Crippen molar-refractivity contribution in [2.45, 2.75) is 54.2 Å². The Hall–Kier alpha value is -1.05. The van der Waals surface area contributed by atoms with Crippen molar-refractivity contribution in [1.82, 2.24) is 4.90 Å². The van der Waals surface area contributed by atoms with Gasteiger partial charge in [-0.25, -0.2) is 8.42 Å². The van der Waals surface area contributed by atoms with E-state index in [2.05, 4.69) is 0 Å². The molecule has 5 nitrogen and oxygen atoms in total. The summed E-state index contributed by atoms with van der Waals surface area (Å²) in [6, 6.07) is 7.21. The first-order valence-electron chi connectivity index (χ1n) is 9.36. The number of likely N-dealkylation sites (tertiary alicyclic amines) is 1. The summed E-state index contributed by atoms with van der Waals surface area (Å²) in [6.45, 7) is 5.25. The van der Waals surface area contributed by atoms with Gasteiger partial charge in [0.1, 0.15) is 0 Å². The number of fused-ring (bicyclic) bond motifs is 1. The lowest BCUT2D eigenvalue weighted by molar-refractivity contribution is -0.129. The number of carbonyl (C=O) groups is 1. The summed E-state index contributed by atoms with van der Waals surface area (Å²) in [5.74, 6) is 1.16. The van der Waals surface area contributed by atoms with E-state index in [1.54, 1.807) is 18.2 Å². The normalized spacial score (nSPS) is 26.7. The molecule has 0 spiro atoms. The molecule has 1 saturated carbocycles. The molecule has 4 unspecified atom stereocenters. The number of thioether (sulfide) groups is 1. The summed E-state index contributed by atoms with van der Waals surface area (Å²) >= 11 is 1.35. The van der Waals surface area contributed by atoms with Crippen LogP contribution in [0.25, 0.3) is 0 Å². The minimum atomic E-state index is -3.31. The Morgan fingerprint density at radius 2 is 2.04 bits per heavy atom. The topological polar surface area (TPSA) is 80.5 Å². The maximum Gasteiger partial charge on any atom is 0.235 e. The maximum atomic E-state index is 12.9. The van der Waals surface area contributed by atoms with Gasteiger partial charge in [0.05, 0.1) is 15.9 Å². The van der Waals surface area contributed by atoms with Crippen LogP contribution < -0.4 is 5.73 Å². The van der Waals surface area contributed by atoms with Crippen molar-refractivity contribution in [2.24, 2.45) is 17.6 Å². The minimum absolute atomic E-state index is 0.0827. The molecule has 0 radical (unpaired) electrons. The number of sulfone groups is 1. The number of carbonyl (C=O) groups excluding carboxylic acids is 1. The summed E-state index contributed by atoms with van der Waals surface area (Å²) < 4.78 is 25.0. The lowest BCUT2D eigenvalue weighted by atomic mass is 9.98. The van der Waals surface area contributed by atoms with Crippen LogP contribution >= 0.6 is 11.8 Å². The predicted octanol–water partition coefficient (Wildman–Crippen LogP) is 2.55. The molecule has 1 saturated heterocycles. The lowest BCUT2D eigenvalue weighted by Gasteiger charge is -2.23. The fraction of sp³-hybridized carbons (Fsp3) is 0.632. The van der Waals surface area contributed by atoms with Crippen LogP contribution in [-0.4, -0.2) is 49.4 Å². The molecule has 7 heteroatoms. The third-order valence-corrected chi connectivity index (χ3v) is 8.80. The molecule has 4 atom stereocenters. The number of nitrogens with zero attached hydrogens (tertiary/aromatic N) is 1. The van der Waals surface area contributed by atoms with Crippen molar-refractivity contribution in [3.8, 4) is 0 Å². The zero-order valence-electron chi connectivity index (χ0n) is 15.4. The Balaban J connectivity index is 1.71. The van der Waals surface area contributed by atoms with Gasteiger partial charge in [0.25, 0.3) is 0 Å². The van der Waals surface area contributed by atoms with Crippen molar-refractivity contribution < 1.29 is 13.2 Å². The second kappa shape index (κ2) is 7.90. The van der Waals surface area contributed by atoms with Gasteiger partial charge in [-0.15, -0.1) is 11.8 Å². The van der Waals surface area contributed by atoms with E-state index in [1.165, 1.54) is 11.8 Å². The molecule has 144 valence electrons. The van der Waals surface area contributed by atoms with Gasteiger partial charge in [0.15, 0.2) is 9.84 Å². The molecule has 0 bridgehead atoms. The van der Waals surface area contributed by atoms with Crippen LogP contribution in [0.1, 0.15) is 33.1 Å². The highest BCUT2D eigenvalue weighted by atomic mass is 32.2. The molecule has 2 N–H and O–H groups in total. The first kappa shape index (κ1) is 19.7. The smallest absolute Gasteiger partial charge is 0.235 e. The average molecular weight is 397 g/mol. The Labute approximate surface area is 160 Å². The Morgan fingerprint density at radius 1 is 1.31 bits per heavy atom. The Morgan fingerprint density at radius 3 is 2.73 bits per heavy atom. The van der Waals surface area contributed by atoms with Crippen LogP contribution in [-0.2, 0) is 14.6 Å². The first-order chi connectivity index (χ1) is 12.3. The predicted molar refractivity (Wildman–Crippen MR) is 105 cm³/mol. The molecular formula is C19H28N2O3S2. The first-order valence-corrected chi connectivity index (χ1v) is 11.9. The van der Waals surface area contributed by atoms with E-state index < -0.39 is 9.84 Å². The van der Waals surface area contributed by atoms with E-state index in [-0.39, 0.29) is 23.0 Å². The molecule has 26 heavy (non-hydrogen) atoms. The van der Waals surface area contributed by atoms with Gasteiger partial charge < -0.3 is 10.6 Å². The Bertz CT molecular complexity index is 766. The average Bonchev–Trinajstić information content (AvgIpc) is 3.17. The van der Waals surface area contributed by atoms with Crippen molar-refractivity contribution in [2.75, 3.05) is 18.8 Å². The summed E-state index contributed by atoms with van der Waals surface area (Å²) in [5, 5.41) is -0.317. The summed E-state index contributed by atoms with van der Waals surface area (Å²) in [7, 11) is -3.31. The SMILES string of the molecule is CCCS(=O)(=O)c1ccccc1SC(C)C(=O)N1CC2CCC(N)C2C1. The monoisotopic (exact) mass is 396 g/mol. The zero-order chi connectivity index (χ0) is 18.9. The van der Waals surface area contributed by atoms with Crippen LogP contribution in [0, 0.1) is 11.8 Å². The van der Waals surface area contributed by atoms with Gasteiger partial charge in [-0.3, -0.25) is 4.79 Å². The van der Waals surface area contributed by atoms with Crippen molar-refractivity contribution in [3.63, 3.8) is 0 Å². The fourth-order valence-electron chi connectivity index (χ4n) is 4.17. The molecule has 1 heterocycles. The van der Waals surface area contributed by atoms with Gasteiger partial charge in [0.2, 0.25) is 5.91 Å². The zero-order valence-corrected chi connectivity index (χ0v) is 17.1. The van der Waals surface area contributed by atoms with Gasteiger partial charge >= 0.3 is 0 Å². The lowest BCUT2D eigenvalue weighted by Crippen LogP contribution is -2.37. The largest absolute Gasteiger partial charge is 0.341 e. The molecular weight excluding hydrogens is 368 g/mol. The molecule has 0 aromatic heterocycles. The number of hydrogen-bond acceptors (Lipinski definition) is 5. The van der Waals surface area contributed by atoms with Crippen LogP contribution in [0.2, 0.25) is 0 Å².